The number of para-hydroxylation sites is 1. The first-order chi connectivity index (χ1) is 9.78. The highest BCUT2D eigenvalue weighted by Gasteiger charge is 2.15. The van der Waals surface area contributed by atoms with Crippen molar-refractivity contribution in [2.45, 2.75) is 31.3 Å². The minimum Gasteiger partial charge on any atom is -0.507 e. The summed E-state index contributed by atoms with van der Waals surface area (Å²) in [6.45, 7) is 5.33. The molecule has 4 nitrogen and oxygen atoms in total. The van der Waals surface area contributed by atoms with Crippen molar-refractivity contribution in [3.63, 3.8) is 0 Å². The van der Waals surface area contributed by atoms with E-state index in [0.717, 1.165) is 0 Å². The summed E-state index contributed by atoms with van der Waals surface area (Å²) in [5, 5.41) is 12.0. The van der Waals surface area contributed by atoms with Gasteiger partial charge in [-0.1, -0.05) is 12.1 Å². The quantitative estimate of drug-likeness (QED) is 0.810. The lowest BCUT2D eigenvalue weighted by Gasteiger charge is -2.19. The first-order valence-electron chi connectivity index (χ1n) is 6.50. The van der Waals surface area contributed by atoms with Crippen LogP contribution in [0.5, 0.6) is 5.75 Å². The molecule has 0 spiro atoms. The van der Waals surface area contributed by atoms with Crippen LogP contribution in [0.25, 0.3) is 0 Å². The number of phenolic OH excluding ortho intramolecular Hbond substituents is 1. The minimum absolute atomic E-state index is 0.0576. The highest BCUT2D eigenvalue weighted by atomic mass is 32.2. The van der Waals surface area contributed by atoms with Crippen molar-refractivity contribution in [2.75, 3.05) is 12.3 Å². The van der Waals surface area contributed by atoms with E-state index in [4.69, 9.17) is 4.74 Å². The van der Waals surface area contributed by atoms with Gasteiger partial charge in [0.05, 0.1) is 0 Å². The first-order valence-corrected chi connectivity index (χ1v) is 7.48. The molecule has 1 aromatic carbocycles. The molecule has 0 aliphatic carbocycles. The molecule has 0 saturated heterocycles. The van der Waals surface area contributed by atoms with Crippen molar-refractivity contribution in [3.05, 3.63) is 36.2 Å². The van der Waals surface area contributed by atoms with Gasteiger partial charge < -0.3 is 15.2 Å². The van der Waals surface area contributed by atoms with Crippen LogP contribution in [0.3, 0.4) is 0 Å². The molecular formula is C15H20FNO3S. The van der Waals surface area contributed by atoms with Gasteiger partial charge in [-0.3, -0.25) is 0 Å². The number of alkyl carbamates (subject to hydrolysis) is 1. The summed E-state index contributed by atoms with van der Waals surface area (Å²) in [6, 6.07) is 6.74. The predicted molar refractivity (Wildman–Crippen MR) is 82.3 cm³/mol. The van der Waals surface area contributed by atoms with E-state index in [-0.39, 0.29) is 23.9 Å². The molecule has 0 bridgehead atoms. The third kappa shape index (κ3) is 7.60. The first kappa shape index (κ1) is 17.4. The number of ether oxygens (including phenoxy) is 1. The minimum atomic E-state index is -0.583. The molecule has 2 N–H and O–H groups in total. The molecule has 0 fully saturated rings. The molecule has 0 saturated carbocycles. The number of aromatic hydroxyl groups is 1. The molecule has 0 aliphatic heterocycles. The second-order valence-electron chi connectivity index (χ2n) is 5.29. The number of carbonyl (C=O) groups excluding carboxylic acids is 1. The molecule has 21 heavy (non-hydrogen) atoms. The van der Waals surface area contributed by atoms with Crippen molar-refractivity contribution in [1.29, 1.82) is 0 Å². The normalized spacial score (nSPS) is 12.1. The van der Waals surface area contributed by atoms with E-state index in [1.54, 1.807) is 45.0 Å². The van der Waals surface area contributed by atoms with Crippen molar-refractivity contribution in [2.24, 2.45) is 0 Å². The van der Waals surface area contributed by atoms with Crippen LogP contribution in [0.4, 0.5) is 9.18 Å². The number of hydrogen-bond acceptors (Lipinski definition) is 4. The topological polar surface area (TPSA) is 58.6 Å². The van der Waals surface area contributed by atoms with Gasteiger partial charge in [-0.05, 0) is 39.0 Å². The number of benzene rings is 1. The van der Waals surface area contributed by atoms with Crippen molar-refractivity contribution in [1.82, 2.24) is 5.32 Å². The third-order valence-corrected chi connectivity index (χ3v) is 3.28. The van der Waals surface area contributed by atoms with E-state index in [0.29, 0.717) is 4.90 Å². The second-order valence-corrected chi connectivity index (χ2v) is 6.31. The van der Waals surface area contributed by atoms with Gasteiger partial charge in [0.2, 0.25) is 0 Å². The van der Waals surface area contributed by atoms with Crippen LogP contribution >= 0.6 is 11.8 Å². The Bertz CT molecular complexity index is 512. The SMILES string of the molecule is CC(C)(C)OC(=O)NC/C=C(\F)CSc1ccccc1O. The van der Waals surface area contributed by atoms with Crippen molar-refractivity contribution >= 4 is 17.9 Å². The van der Waals surface area contributed by atoms with Gasteiger partial charge in [0.1, 0.15) is 17.2 Å². The Kier molecular flexibility index (Phi) is 6.55. The largest absolute Gasteiger partial charge is 0.507 e. The molecule has 0 heterocycles. The zero-order chi connectivity index (χ0) is 15.9. The van der Waals surface area contributed by atoms with Crippen LogP contribution in [-0.4, -0.2) is 29.1 Å². The zero-order valence-electron chi connectivity index (χ0n) is 12.4. The molecule has 0 aliphatic rings. The van der Waals surface area contributed by atoms with E-state index in [9.17, 15) is 14.3 Å². The molecular weight excluding hydrogens is 293 g/mol. The molecule has 0 aromatic heterocycles. The maximum Gasteiger partial charge on any atom is 0.407 e. The van der Waals surface area contributed by atoms with E-state index < -0.39 is 11.7 Å². The third-order valence-electron chi connectivity index (χ3n) is 2.20. The summed E-state index contributed by atoms with van der Waals surface area (Å²) >= 11 is 1.19. The van der Waals surface area contributed by atoms with Crippen LogP contribution < -0.4 is 5.32 Å². The molecule has 0 unspecified atom stereocenters. The summed E-state index contributed by atoms with van der Waals surface area (Å²) < 4.78 is 18.6. The van der Waals surface area contributed by atoms with Crippen molar-refractivity contribution in [3.8, 4) is 5.75 Å². The molecule has 0 radical (unpaired) electrons. The van der Waals surface area contributed by atoms with E-state index in [2.05, 4.69) is 5.32 Å². The Morgan fingerprint density at radius 3 is 2.71 bits per heavy atom. The smallest absolute Gasteiger partial charge is 0.407 e. The average molecular weight is 313 g/mol. The fourth-order valence-corrected chi connectivity index (χ4v) is 2.15. The number of hydrogen-bond donors (Lipinski definition) is 2. The lowest BCUT2D eigenvalue weighted by molar-refractivity contribution is 0.0534. The van der Waals surface area contributed by atoms with Gasteiger partial charge in [-0.15, -0.1) is 11.8 Å². The van der Waals surface area contributed by atoms with Gasteiger partial charge >= 0.3 is 6.09 Å². The molecule has 1 amide bonds. The van der Waals surface area contributed by atoms with Gasteiger partial charge in [0.25, 0.3) is 0 Å². The maximum atomic E-state index is 13.6. The number of nitrogens with one attached hydrogen (secondary N) is 1. The standard InChI is InChI=1S/C15H20FNO3S/c1-15(2,3)20-14(19)17-9-8-11(16)10-21-13-7-5-4-6-12(13)18/h4-8,18H,9-10H2,1-3H3,(H,17,19)/b11-8-. The Hall–Kier alpha value is -1.69. The Balaban J connectivity index is 2.34. The molecule has 1 rings (SSSR count). The Morgan fingerprint density at radius 2 is 2.10 bits per heavy atom. The number of amides is 1. The van der Waals surface area contributed by atoms with E-state index >= 15 is 0 Å². The number of rotatable bonds is 5. The summed E-state index contributed by atoms with van der Waals surface area (Å²) in [5.41, 5.74) is -0.576. The molecule has 116 valence electrons. The number of thioether (sulfide) groups is 1. The summed E-state index contributed by atoms with van der Waals surface area (Å²) in [4.78, 5) is 12.0. The van der Waals surface area contributed by atoms with Crippen LogP contribution in [0.15, 0.2) is 41.1 Å². The number of halogens is 1. The van der Waals surface area contributed by atoms with Crippen LogP contribution in [0.1, 0.15) is 20.8 Å². The summed E-state index contributed by atoms with van der Waals surface area (Å²) in [6.07, 6.45) is 0.691. The van der Waals surface area contributed by atoms with Gasteiger partial charge in [-0.25, -0.2) is 9.18 Å². The Morgan fingerprint density at radius 1 is 1.43 bits per heavy atom. The summed E-state index contributed by atoms with van der Waals surface area (Å²) in [7, 11) is 0. The summed E-state index contributed by atoms with van der Waals surface area (Å²) in [5.74, 6) is -0.158. The Labute approximate surface area is 128 Å². The van der Waals surface area contributed by atoms with Crippen LogP contribution in [0, 0.1) is 0 Å². The zero-order valence-corrected chi connectivity index (χ0v) is 13.2. The molecule has 0 atom stereocenters. The average Bonchev–Trinajstić information content (AvgIpc) is 2.35. The molecule has 6 heteroatoms. The van der Waals surface area contributed by atoms with Crippen molar-refractivity contribution < 1.29 is 19.0 Å². The van der Waals surface area contributed by atoms with E-state index in [1.165, 1.54) is 17.8 Å². The number of carbonyl (C=O) groups is 1. The fourth-order valence-electron chi connectivity index (χ4n) is 1.34. The highest BCUT2D eigenvalue weighted by Crippen LogP contribution is 2.29. The lowest BCUT2D eigenvalue weighted by atomic mass is 10.2. The lowest BCUT2D eigenvalue weighted by Crippen LogP contribution is -2.32. The van der Waals surface area contributed by atoms with E-state index in [1.807, 2.05) is 0 Å². The van der Waals surface area contributed by atoms with Crippen LogP contribution in [-0.2, 0) is 4.74 Å². The van der Waals surface area contributed by atoms with Gasteiger partial charge in [0.15, 0.2) is 0 Å². The fraction of sp³-hybridized carbons (Fsp3) is 0.400. The molecule has 1 aromatic rings. The predicted octanol–water partition coefficient (Wildman–Crippen LogP) is 3.86. The van der Waals surface area contributed by atoms with Gasteiger partial charge in [0, 0.05) is 17.2 Å². The maximum absolute atomic E-state index is 13.6. The highest BCUT2D eigenvalue weighted by molar-refractivity contribution is 7.99. The second kappa shape index (κ2) is 7.93. The van der Waals surface area contributed by atoms with Gasteiger partial charge in [-0.2, -0.15) is 0 Å². The van der Waals surface area contributed by atoms with Crippen LogP contribution in [0.2, 0.25) is 0 Å². The number of phenols is 1. The monoisotopic (exact) mass is 313 g/mol.